The number of carbonyl (C=O) groups is 2. The predicted octanol–water partition coefficient (Wildman–Crippen LogP) is 3.77. The molecule has 1 aromatic heterocycles. The van der Waals surface area contributed by atoms with Crippen molar-refractivity contribution in [1.29, 1.82) is 0 Å². The van der Waals surface area contributed by atoms with E-state index in [1.165, 1.54) is 12.3 Å². The molecule has 6 nitrogen and oxygen atoms in total. The second-order valence-electron chi connectivity index (χ2n) is 8.44. The van der Waals surface area contributed by atoms with E-state index in [9.17, 15) is 19.5 Å². The number of Topliss-reactive ketones (excluding diaryl/α,β-unsaturated/α-hetero) is 1. The van der Waals surface area contributed by atoms with Crippen LogP contribution in [0.3, 0.4) is 0 Å². The van der Waals surface area contributed by atoms with Crippen LogP contribution in [0.15, 0.2) is 29.2 Å². The second kappa shape index (κ2) is 7.17. The lowest BCUT2D eigenvalue weighted by molar-refractivity contribution is 0.0694. The minimum Gasteiger partial charge on any atom is -0.477 e. The molecule has 0 spiro atoms. The van der Waals surface area contributed by atoms with E-state index in [2.05, 4.69) is 24.8 Å². The van der Waals surface area contributed by atoms with E-state index in [4.69, 9.17) is 0 Å². The largest absolute Gasteiger partial charge is 0.477 e. The number of hydrogen-bond acceptors (Lipinski definition) is 4. The van der Waals surface area contributed by atoms with Gasteiger partial charge in [-0.3, -0.25) is 9.59 Å². The number of pyridine rings is 1. The van der Waals surface area contributed by atoms with Crippen molar-refractivity contribution >= 4 is 17.4 Å². The number of rotatable bonds is 4. The van der Waals surface area contributed by atoms with Crippen LogP contribution >= 0.6 is 0 Å². The average molecular weight is 394 g/mol. The number of hydrogen-bond donors (Lipinski definition) is 1. The molecule has 2 aliphatic heterocycles. The molecule has 0 amide bonds. The number of fused-ring (bicyclic) bond motifs is 3. The van der Waals surface area contributed by atoms with Gasteiger partial charge in [0.2, 0.25) is 0 Å². The fraction of sp³-hybridized carbons (Fsp3) is 0.435. The topological polar surface area (TPSA) is 79.6 Å². The number of carbonyl (C=O) groups excluding carboxylic acids is 1. The molecule has 6 heteroatoms. The molecular weight excluding hydrogens is 368 g/mol. The Balaban J connectivity index is 1.97. The molecule has 3 heterocycles. The molecule has 2 aliphatic rings. The molecule has 1 fully saturated rings. The molecule has 0 bridgehead atoms. The predicted molar refractivity (Wildman–Crippen MR) is 112 cm³/mol. The Morgan fingerprint density at radius 1 is 1.10 bits per heavy atom. The first-order chi connectivity index (χ1) is 13.8. The highest BCUT2D eigenvalue weighted by atomic mass is 16.4. The first kappa shape index (κ1) is 19.4. The van der Waals surface area contributed by atoms with E-state index in [1.807, 2.05) is 10.6 Å². The van der Waals surface area contributed by atoms with Gasteiger partial charge in [0.15, 0.2) is 11.2 Å². The number of anilines is 1. The van der Waals surface area contributed by atoms with Gasteiger partial charge in [0.05, 0.1) is 5.69 Å². The van der Waals surface area contributed by atoms with Crippen LogP contribution in [-0.4, -0.2) is 34.5 Å². The summed E-state index contributed by atoms with van der Waals surface area (Å²) in [6, 6.07) is 5.47. The Morgan fingerprint density at radius 2 is 1.79 bits per heavy atom. The van der Waals surface area contributed by atoms with E-state index >= 15 is 0 Å². The Morgan fingerprint density at radius 3 is 2.38 bits per heavy atom. The van der Waals surface area contributed by atoms with Crippen LogP contribution in [0.5, 0.6) is 0 Å². The SMILES string of the molecule is CC(=O)c1cc2c(cc1N1CCCC1)CC(C(C)C)n1cc(C(=O)O)c(=O)cc1-2. The van der Waals surface area contributed by atoms with Gasteiger partial charge in [0.1, 0.15) is 5.56 Å². The third kappa shape index (κ3) is 3.26. The van der Waals surface area contributed by atoms with Crippen LogP contribution in [0.4, 0.5) is 5.69 Å². The van der Waals surface area contributed by atoms with Crippen LogP contribution in [-0.2, 0) is 6.42 Å². The van der Waals surface area contributed by atoms with Crippen molar-refractivity contribution in [2.24, 2.45) is 5.92 Å². The number of ketones is 1. The minimum atomic E-state index is -1.22. The maximum absolute atomic E-state index is 12.4. The van der Waals surface area contributed by atoms with Gasteiger partial charge in [-0.1, -0.05) is 13.8 Å². The van der Waals surface area contributed by atoms with Crippen LogP contribution in [0.25, 0.3) is 11.3 Å². The number of benzene rings is 1. The molecule has 0 saturated carbocycles. The molecule has 152 valence electrons. The summed E-state index contributed by atoms with van der Waals surface area (Å²) >= 11 is 0. The van der Waals surface area contributed by atoms with Crippen LogP contribution in [0, 0.1) is 5.92 Å². The summed E-state index contributed by atoms with van der Waals surface area (Å²) in [4.78, 5) is 38.7. The highest BCUT2D eigenvalue weighted by Crippen LogP contribution is 2.41. The molecule has 0 aliphatic carbocycles. The van der Waals surface area contributed by atoms with Crippen molar-refractivity contribution in [3.05, 3.63) is 51.3 Å². The summed E-state index contributed by atoms with van der Waals surface area (Å²) in [7, 11) is 0. The van der Waals surface area contributed by atoms with Gasteiger partial charge in [0, 0.05) is 48.2 Å². The number of carboxylic acid groups (broad SMARTS) is 1. The number of aromatic nitrogens is 1. The molecule has 2 aromatic rings. The Labute approximate surface area is 169 Å². The maximum Gasteiger partial charge on any atom is 0.341 e. The first-order valence-electron chi connectivity index (χ1n) is 10.2. The Kier molecular flexibility index (Phi) is 4.81. The molecule has 1 N–H and O–H groups in total. The average Bonchev–Trinajstić information content (AvgIpc) is 3.20. The molecular formula is C23H26N2O4. The van der Waals surface area contributed by atoms with Gasteiger partial charge in [-0.15, -0.1) is 0 Å². The van der Waals surface area contributed by atoms with E-state index in [0.717, 1.165) is 49.2 Å². The lowest BCUT2D eigenvalue weighted by atomic mass is 9.85. The molecule has 4 rings (SSSR count). The Hall–Kier alpha value is -2.89. The summed E-state index contributed by atoms with van der Waals surface area (Å²) in [6.07, 6.45) is 4.45. The molecule has 0 radical (unpaired) electrons. The summed E-state index contributed by atoms with van der Waals surface area (Å²) < 4.78 is 1.91. The van der Waals surface area contributed by atoms with E-state index < -0.39 is 11.4 Å². The highest BCUT2D eigenvalue weighted by Gasteiger charge is 2.30. The van der Waals surface area contributed by atoms with Crippen molar-refractivity contribution in [2.45, 2.75) is 46.1 Å². The number of carboxylic acids is 1. The summed E-state index contributed by atoms with van der Waals surface area (Å²) in [6.45, 7) is 7.67. The van der Waals surface area contributed by atoms with Crippen LogP contribution in [0.2, 0.25) is 0 Å². The second-order valence-corrected chi connectivity index (χ2v) is 8.44. The van der Waals surface area contributed by atoms with Crippen molar-refractivity contribution in [3.8, 4) is 11.3 Å². The van der Waals surface area contributed by atoms with Gasteiger partial charge in [-0.25, -0.2) is 4.79 Å². The smallest absolute Gasteiger partial charge is 0.341 e. The standard InChI is InChI=1S/C23H26N2O4/c1-13(2)19-8-15-9-20(24-6-4-5-7-24)16(14(3)26)10-17(15)21-11-22(27)18(23(28)29)12-25(19)21/h9-13,19H,4-8H2,1-3H3,(H,28,29). The zero-order valence-electron chi connectivity index (χ0n) is 17.1. The Bertz CT molecular complexity index is 1060. The third-order valence-corrected chi connectivity index (χ3v) is 6.19. The van der Waals surface area contributed by atoms with Crippen molar-refractivity contribution in [2.75, 3.05) is 18.0 Å². The van der Waals surface area contributed by atoms with Gasteiger partial charge in [-0.2, -0.15) is 0 Å². The zero-order chi connectivity index (χ0) is 20.9. The normalized spacial score (nSPS) is 17.9. The monoisotopic (exact) mass is 394 g/mol. The van der Waals surface area contributed by atoms with Crippen molar-refractivity contribution in [3.63, 3.8) is 0 Å². The number of aromatic carboxylic acids is 1. The fourth-order valence-corrected chi connectivity index (χ4v) is 4.62. The molecule has 1 unspecified atom stereocenters. The van der Waals surface area contributed by atoms with Crippen molar-refractivity contribution in [1.82, 2.24) is 4.57 Å². The number of nitrogens with zero attached hydrogens (tertiary/aromatic N) is 2. The highest BCUT2D eigenvalue weighted by molar-refractivity contribution is 6.01. The zero-order valence-corrected chi connectivity index (χ0v) is 17.1. The van der Waals surface area contributed by atoms with Gasteiger partial charge in [0.25, 0.3) is 0 Å². The summed E-state index contributed by atoms with van der Waals surface area (Å²) in [5.41, 5.74) is 3.57. The van der Waals surface area contributed by atoms with Crippen LogP contribution in [0.1, 0.15) is 65.9 Å². The lowest BCUT2D eigenvalue weighted by Gasteiger charge is -2.34. The first-order valence-corrected chi connectivity index (χ1v) is 10.2. The fourth-order valence-electron chi connectivity index (χ4n) is 4.62. The molecule has 29 heavy (non-hydrogen) atoms. The van der Waals surface area contributed by atoms with E-state index in [0.29, 0.717) is 11.3 Å². The van der Waals surface area contributed by atoms with Crippen LogP contribution < -0.4 is 10.3 Å². The molecule has 1 aromatic carbocycles. The third-order valence-electron chi connectivity index (χ3n) is 6.19. The lowest BCUT2D eigenvalue weighted by Crippen LogP contribution is -2.29. The summed E-state index contributed by atoms with van der Waals surface area (Å²) in [5, 5.41) is 9.40. The summed E-state index contributed by atoms with van der Waals surface area (Å²) in [5.74, 6) is -0.960. The van der Waals surface area contributed by atoms with Gasteiger partial charge >= 0.3 is 5.97 Å². The quantitative estimate of drug-likeness (QED) is 0.799. The maximum atomic E-state index is 12.4. The van der Waals surface area contributed by atoms with Gasteiger partial charge < -0.3 is 14.6 Å². The van der Waals surface area contributed by atoms with Crippen molar-refractivity contribution < 1.29 is 14.7 Å². The molecule has 1 atom stereocenters. The van der Waals surface area contributed by atoms with Gasteiger partial charge in [-0.05, 0) is 49.8 Å². The minimum absolute atomic E-state index is 0.00302. The van der Waals surface area contributed by atoms with E-state index in [1.54, 1.807) is 6.92 Å². The molecule has 1 saturated heterocycles. The van der Waals surface area contributed by atoms with E-state index in [-0.39, 0.29) is 23.3 Å².